The Labute approximate surface area is 591 Å². The zero-order valence-corrected chi connectivity index (χ0v) is 58.6. The van der Waals surface area contributed by atoms with Crippen LogP contribution < -0.4 is 70.0 Å². The number of anilines is 5. The van der Waals surface area contributed by atoms with Crippen molar-refractivity contribution in [2.24, 2.45) is 27.1 Å². The molecule has 100 heavy (non-hydrogen) atoms. The maximum absolute atomic E-state index is 9.33. The van der Waals surface area contributed by atoms with Crippen molar-refractivity contribution in [2.45, 2.75) is 96.0 Å². The highest BCUT2D eigenvalue weighted by molar-refractivity contribution is 5.55. The molecule has 1 aliphatic carbocycles. The van der Waals surface area contributed by atoms with E-state index < -0.39 is 0 Å². The third-order valence-electron chi connectivity index (χ3n) is 23.3. The van der Waals surface area contributed by atoms with Crippen molar-refractivity contribution in [2.75, 3.05) is 163 Å². The lowest BCUT2D eigenvalue weighted by Crippen LogP contribution is -2.29. The molecule has 5 unspecified atom stereocenters. The van der Waals surface area contributed by atoms with E-state index in [1.165, 1.54) is 133 Å². The first-order valence-electron chi connectivity index (χ1n) is 36.9. The SMILES string of the molecule is C#Cc1cncc(N2CCC3(CCNC3)C2)c1.COc1cncc(N2CCC3(CCNC3)C2)c1.Oc1ccc(Oc2cncc(N3CCC4(CCNC4)C3)c2)cc1.c1ccc(Oc2cncc(N3CCC4(CCNC4)C3)c2)cc1.c1ncc(N2CCC3(CCNC3)C2)cc1OC1CCCC1. The molecule has 20 nitrogen and oxygen atoms in total. The summed E-state index contributed by atoms with van der Waals surface area (Å²) in [7, 11) is 1.69. The summed E-state index contributed by atoms with van der Waals surface area (Å²) in [5.74, 6) is 7.74. The summed E-state index contributed by atoms with van der Waals surface area (Å²) < 4.78 is 23.1. The largest absolute Gasteiger partial charge is 0.508 e. The molecule has 10 saturated heterocycles. The van der Waals surface area contributed by atoms with Crippen LogP contribution in [-0.4, -0.2) is 174 Å². The fraction of sp³-hybridized carbons (Fsp3) is 0.512. The highest BCUT2D eigenvalue weighted by Gasteiger charge is 2.45. The van der Waals surface area contributed by atoms with Crippen LogP contribution in [0, 0.1) is 39.4 Å². The molecule has 15 heterocycles. The first-order valence-corrected chi connectivity index (χ1v) is 36.9. The van der Waals surface area contributed by atoms with Gasteiger partial charge in [-0.25, -0.2) is 0 Å². The first kappa shape index (κ1) is 68.7. The Morgan fingerprint density at radius 2 is 0.740 bits per heavy atom. The number of benzene rings is 2. The summed E-state index contributed by atoms with van der Waals surface area (Å²) in [6.07, 6.45) is 42.2. The van der Waals surface area contributed by atoms with Crippen molar-refractivity contribution in [3.05, 3.63) is 152 Å². The number of methoxy groups -OCH3 is 1. The lowest BCUT2D eigenvalue weighted by atomic mass is 9.86. The van der Waals surface area contributed by atoms with E-state index >= 15 is 0 Å². The van der Waals surface area contributed by atoms with Crippen LogP contribution in [0.1, 0.15) is 95.5 Å². The number of terminal acetylenes is 1. The molecule has 10 aliphatic heterocycles. The number of pyridine rings is 5. The maximum atomic E-state index is 9.33. The van der Waals surface area contributed by atoms with Gasteiger partial charge < -0.3 is 75.1 Å². The van der Waals surface area contributed by atoms with Crippen LogP contribution in [0.5, 0.6) is 40.2 Å². The number of aromatic nitrogens is 5. The summed E-state index contributed by atoms with van der Waals surface area (Å²) in [6, 6.07) is 27.1. The average molecular weight is 1350 g/mol. The van der Waals surface area contributed by atoms with Crippen molar-refractivity contribution >= 4 is 28.4 Å². The minimum Gasteiger partial charge on any atom is -0.508 e. The van der Waals surface area contributed by atoms with Gasteiger partial charge in [0.1, 0.15) is 40.2 Å². The topological polar surface area (TPSA) is 198 Å². The number of rotatable bonds is 12. The molecule has 0 bridgehead atoms. The zero-order valence-electron chi connectivity index (χ0n) is 58.6. The Morgan fingerprint density at radius 3 is 1.11 bits per heavy atom. The quantitative estimate of drug-likeness (QED) is 0.0631. The number of ether oxygens (including phenoxy) is 4. The molecule has 5 atom stereocenters. The number of phenols is 1. The fourth-order valence-electron chi connectivity index (χ4n) is 17.3. The lowest BCUT2D eigenvalue weighted by molar-refractivity contribution is 0.209. The summed E-state index contributed by atoms with van der Waals surface area (Å²) in [6.45, 7) is 22.8. The number of para-hydroxylation sites is 1. The molecular formula is C80H103N15O5. The van der Waals surface area contributed by atoms with E-state index in [1.807, 2.05) is 73.6 Å². The number of nitrogens with one attached hydrogen (secondary N) is 5. The molecule has 5 spiro atoms. The second kappa shape index (κ2) is 31.6. The molecule has 1 saturated carbocycles. The zero-order chi connectivity index (χ0) is 68.1. The van der Waals surface area contributed by atoms with E-state index in [-0.39, 0.29) is 5.75 Å². The van der Waals surface area contributed by atoms with E-state index in [0.717, 1.165) is 150 Å². The number of hydrogen-bond acceptors (Lipinski definition) is 20. The van der Waals surface area contributed by atoms with Crippen LogP contribution in [-0.2, 0) is 0 Å². The molecule has 2 aromatic carbocycles. The van der Waals surface area contributed by atoms with Gasteiger partial charge in [0.05, 0.1) is 97.4 Å². The minimum atomic E-state index is 0.233. The molecule has 11 fully saturated rings. The predicted octanol–water partition coefficient (Wildman–Crippen LogP) is 11.0. The molecule has 20 heteroatoms. The normalized spacial score (nSPS) is 26.4. The smallest absolute Gasteiger partial charge is 0.147 e. The fourth-order valence-corrected chi connectivity index (χ4v) is 17.3. The van der Waals surface area contributed by atoms with Crippen molar-refractivity contribution in [1.29, 1.82) is 0 Å². The first-order chi connectivity index (χ1) is 49.0. The lowest BCUT2D eigenvalue weighted by Gasteiger charge is -2.24. The van der Waals surface area contributed by atoms with Crippen LogP contribution in [0.25, 0.3) is 0 Å². The van der Waals surface area contributed by atoms with E-state index in [2.05, 4.69) is 106 Å². The van der Waals surface area contributed by atoms with Gasteiger partial charge in [-0.1, -0.05) is 24.1 Å². The van der Waals surface area contributed by atoms with Gasteiger partial charge in [0, 0.05) is 161 Å². The molecule has 5 aromatic heterocycles. The van der Waals surface area contributed by atoms with E-state index in [1.54, 1.807) is 56.2 Å². The Hall–Kier alpha value is -8.45. The highest BCUT2D eigenvalue weighted by Crippen LogP contribution is 2.44. The number of nitrogens with zero attached hydrogens (tertiary/aromatic N) is 10. The molecule has 7 aromatic rings. The van der Waals surface area contributed by atoms with Crippen LogP contribution >= 0.6 is 0 Å². The summed E-state index contributed by atoms with van der Waals surface area (Å²) in [5.41, 5.74) is 9.14. The van der Waals surface area contributed by atoms with Crippen LogP contribution in [0.3, 0.4) is 0 Å². The van der Waals surface area contributed by atoms with Gasteiger partial charge in [0.25, 0.3) is 0 Å². The monoisotopic (exact) mass is 1350 g/mol. The Morgan fingerprint density at radius 1 is 0.400 bits per heavy atom. The summed E-state index contributed by atoms with van der Waals surface area (Å²) in [4.78, 5) is 33.7. The third-order valence-corrected chi connectivity index (χ3v) is 23.3. The standard InChI is InChI=1S/C18H21N3O2.C18H21N3O.C17H25N3O.C14H17N3.C13H19N3O/c22-15-1-3-16(4-2-15)23-17-9-14(10-20-11-17)21-8-6-18(13-21)5-7-19-12-18;1-2-4-16(5-3-1)22-17-10-15(11-20-12-17)21-9-7-18(14-21)6-8-19-13-18;1-2-4-15(3-1)21-16-9-14(10-19-11-16)20-8-6-17(13-20)5-7-18-12-17;1-2-12-7-13(9-16-8-12)17-6-4-14(11-17)3-5-15-10-14;1-17-12-6-11(7-15-8-12)16-5-3-13(10-16)2-4-14-9-13/h1-4,9-11,19,22H,5-8,12-13H2;1-5,10-12,19H,6-9,13-14H2;9-11,15,18H,1-8,12-13H2;1,7-9,15H,3-6,10-11H2;6-8,14H,2-5,9-10H2,1H3. The van der Waals surface area contributed by atoms with Crippen molar-refractivity contribution in [3.8, 4) is 52.6 Å². The number of aromatic hydroxyl groups is 1. The molecular weight excluding hydrogens is 1250 g/mol. The van der Waals surface area contributed by atoms with Crippen LogP contribution in [0.2, 0.25) is 0 Å². The van der Waals surface area contributed by atoms with Gasteiger partial charge in [-0.05, 0) is 165 Å². The van der Waals surface area contributed by atoms with Gasteiger partial charge in [-0.3, -0.25) is 24.9 Å². The second-order valence-electron chi connectivity index (χ2n) is 30.3. The molecule has 11 aliphatic rings. The van der Waals surface area contributed by atoms with E-state index in [4.69, 9.17) is 25.4 Å². The second-order valence-corrected chi connectivity index (χ2v) is 30.3. The van der Waals surface area contributed by atoms with Gasteiger partial charge >= 0.3 is 0 Å². The number of phenolic OH excluding ortho intramolecular Hbond substituents is 1. The maximum Gasteiger partial charge on any atom is 0.147 e. The van der Waals surface area contributed by atoms with Crippen molar-refractivity contribution in [1.82, 2.24) is 51.5 Å². The predicted molar refractivity (Wildman–Crippen MR) is 397 cm³/mol. The highest BCUT2D eigenvalue weighted by atomic mass is 16.5. The molecule has 0 radical (unpaired) electrons. The molecule has 528 valence electrons. The summed E-state index contributed by atoms with van der Waals surface area (Å²) >= 11 is 0. The number of hydrogen-bond donors (Lipinski definition) is 6. The van der Waals surface area contributed by atoms with E-state index in [9.17, 15) is 5.11 Å². The minimum absolute atomic E-state index is 0.233. The third kappa shape index (κ3) is 17.1. The average Bonchev–Trinajstić information content (AvgIpc) is 1.68. The summed E-state index contributed by atoms with van der Waals surface area (Å²) in [5, 5.41) is 26.8. The molecule has 18 rings (SSSR count). The van der Waals surface area contributed by atoms with E-state index in [0.29, 0.717) is 38.9 Å². The van der Waals surface area contributed by atoms with Gasteiger partial charge in [0.2, 0.25) is 0 Å². The molecule has 6 N–H and O–H groups in total. The molecule has 0 amide bonds. The van der Waals surface area contributed by atoms with Crippen LogP contribution in [0.15, 0.2) is 147 Å². The van der Waals surface area contributed by atoms with Gasteiger partial charge in [-0.15, -0.1) is 6.42 Å². The van der Waals surface area contributed by atoms with Gasteiger partial charge in [0.15, 0.2) is 0 Å². The Balaban J connectivity index is 0.000000107. The van der Waals surface area contributed by atoms with Crippen molar-refractivity contribution < 1.29 is 24.1 Å². The van der Waals surface area contributed by atoms with Gasteiger partial charge in [-0.2, -0.15) is 0 Å². The van der Waals surface area contributed by atoms with Crippen molar-refractivity contribution in [3.63, 3.8) is 0 Å². The Bertz CT molecular complexity index is 3800. The van der Waals surface area contributed by atoms with Crippen LogP contribution in [0.4, 0.5) is 28.4 Å². The Kier molecular flexibility index (Phi) is 21.7.